The molecule has 6 nitrogen and oxygen atoms in total. The molecular formula is C17H16N4O2. The van der Waals surface area contributed by atoms with Gasteiger partial charge in [0.1, 0.15) is 5.52 Å². The normalized spacial score (nSPS) is 16.3. The van der Waals surface area contributed by atoms with Crippen molar-refractivity contribution >= 4 is 17.0 Å². The Morgan fingerprint density at radius 1 is 1.09 bits per heavy atom. The highest BCUT2D eigenvalue weighted by atomic mass is 17.2. The first-order valence-electron chi connectivity index (χ1n) is 7.61. The lowest BCUT2D eigenvalue weighted by Crippen LogP contribution is -2.06. The first-order chi connectivity index (χ1) is 11.3. The molecule has 0 fully saturated rings. The molecule has 6 heteroatoms. The van der Waals surface area contributed by atoms with Gasteiger partial charge in [0, 0.05) is 5.56 Å². The van der Waals surface area contributed by atoms with Crippen molar-refractivity contribution in [2.45, 2.75) is 25.9 Å². The summed E-state index contributed by atoms with van der Waals surface area (Å²) in [6, 6.07) is 11.5. The van der Waals surface area contributed by atoms with Crippen LogP contribution in [0.25, 0.3) is 11.0 Å². The number of aromatic nitrogens is 3. The van der Waals surface area contributed by atoms with Crippen LogP contribution in [0.4, 0.5) is 5.95 Å². The van der Waals surface area contributed by atoms with E-state index in [1.165, 1.54) is 0 Å². The molecule has 23 heavy (non-hydrogen) atoms. The van der Waals surface area contributed by atoms with Gasteiger partial charge in [-0.25, -0.2) is 15.0 Å². The number of rotatable bonds is 3. The first-order valence-corrected chi connectivity index (χ1v) is 7.61. The molecule has 3 heterocycles. The Hall–Kier alpha value is -2.73. The third kappa shape index (κ3) is 2.37. The second-order valence-corrected chi connectivity index (χ2v) is 5.48. The van der Waals surface area contributed by atoms with Crippen molar-refractivity contribution in [2.24, 2.45) is 0 Å². The van der Waals surface area contributed by atoms with Crippen LogP contribution in [-0.2, 0) is 11.3 Å². The molecule has 1 aromatic carbocycles. The fraction of sp³-hybridized carbons (Fsp3) is 0.235. The fourth-order valence-corrected chi connectivity index (χ4v) is 2.80. The maximum Gasteiger partial charge on any atom is 0.220 e. The summed E-state index contributed by atoms with van der Waals surface area (Å²) in [5.41, 5.74) is 9.90. The molecule has 1 atom stereocenters. The second-order valence-electron chi connectivity index (χ2n) is 5.48. The van der Waals surface area contributed by atoms with Crippen LogP contribution in [0.1, 0.15) is 36.4 Å². The van der Waals surface area contributed by atoms with Gasteiger partial charge in [-0.2, -0.15) is 4.89 Å². The third-order valence-corrected chi connectivity index (χ3v) is 3.84. The summed E-state index contributed by atoms with van der Waals surface area (Å²) < 4.78 is 0. The van der Waals surface area contributed by atoms with Gasteiger partial charge in [0.25, 0.3) is 0 Å². The van der Waals surface area contributed by atoms with Crippen LogP contribution >= 0.6 is 0 Å². The van der Waals surface area contributed by atoms with E-state index in [0.717, 1.165) is 46.6 Å². The van der Waals surface area contributed by atoms with Crippen LogP contribution in [0.2, 0.25) is 0 Å². The van der Waals surface area contributed by atoms with E-state index in [1.54, 1.807) is 0 Å². The predicted molar refractivity (Wildman–Crippen MR) is 85.7 cm³/mol. The molecule has 3 aromatic rings. The van der Waals surface area contributed by atoms with E-state index in [0.29, 0.717) is 0 Å². The van der Waals surface area contributed by atoms with Crippen molar-refractivity contribution in [3.8, 4) is 5.75 Å². The topological polar surface area (TPSA) is 83.2 Å². The van der Waals surface area contributed by atoms with E-state index >= 15 is 0 Å². The van der Waals surface area contributed by atoms with Crippen LogP contribution in [0, 0.1) is 0 Å². The maximum atomic E-state index is 5.78. The Balaban J connectivity index is 1.83. The smallest absolute Gasteiger partial charge is 0.220 e. The largest absolute Gasteiger partial charge is 0.368 e. The Morgan fingerprint density at radius 3 is 2.83 bits per heavy atom. The standard InChI is InChI=1S/C17H16N4O2/c1-2-5-11-15-12(21-17(18)20-11)8-9-13(19-15)16-10-6-3-4-7-14(10)22-23-16/h3-4,6-9,16H,2,5H2,1H3,(H2,18,20,21). The van der Waals surface area contributed by atoms with Gasteiger partial charge in [-0.15, -0.1) is 0 Å². The highest BCUT2D eigenvalue weighted by Crippen LogP contribution is 2.38. The zero-order valence-electron chi connectivity index (χ0n) is 12.7. The lowest BCUT2D eigenvalue weighted by atomic mass is 10.0. The van der Waals surface area contributed by atoms with Crippen molar-refractivity contribution < 1.29 is 9.78 Å². The molecule has 0 aliphatic carbocycles. The molecule has 0 saturated carbocycles. The molecule has 1 aliphatic heterocycles. The number of pyridine rings is 1. The fourth-order valence-electron chi connectivity index (χ4n) is 2.80. The van der Waals surface area contributed by atoms with Gasteiger partial charge < -0.3 is 10.6 Å². The first kappa shape index (κ1) is 13.9. The van der Waals surface area contributed by atoms with Crippen molar-refractivity contribution in [1.29, 1.82) is 0 Å². The van der Waals surface area contributed by atoms with Gasteiger partial charge >= 0.3 is 0 Å². The van der Waals surface area contributed by atoms with E-state index in [2.05, 4.69) is 16.9 Å². The lowest BCUT2D eigenvalue weighted by Gasteiger charge is -2.10. The molecule has 1 aliphatic rings. The molecule has 116 valence electrons. The Kier molecular flexibility index (Phi) is 3.31. The molecule has 0 amide bonds. The molecule has 0 radical (unpaired) electrons. The summed E-state index contributed by atoms with van der Waals surface area (Å²) in [5.74, 6) is 1.00. The highest BCUT2D eigenvalue weighted by Gasteiger charge is 2.29. The molecule has 0 spiro atoms. The number of benzene rings is 1. The van der Waals surface area contributed by atoms with Crippen LogP contribution in [0.3, 0.4) is 0 Å². The Bertz CT molecular complexity index is 882. The minimum atomic E-state index is -0.345. The number of nitrogen functional groups attached to an aromatic ring is 1. The minimum absolute atomic E-state index is 0.279. The Morgan fingerprint density at radius 2 is 1.96 bits per heavy atom. The second kappa shape index (κ2) is 5.48. The molecule has 1 unspecified atom stereocenters. The van der Waals surface area contributed by atoms with Crippen LogP contribution < -0.4 is 10.6 Å². The zero-order valence-corrected chi connectivity index (χ0v) is 12.7. The van der Waals surface area contributed by atoms with Crippen LogP contribution in [-0.4, -0.2) is 15.0 Å². The van der Waals surface area contributed by atoms with Crippen molar-refractivity contribution in [2.75, 3.05) is 5.73 Å². The highest BCUT2D eigenvalue weighted by molar-refractivity contribution is 5.78. The van der Waals surface area contributed by atoms with Gasteiger partial charge in [-0.1, -0.05) is 31.5 Å². The lowest BCUT2D eigenvalue weighted by molar-refractivity contribution is -0.213. The van der Waals surface area contributed by atoms with Gasteiger partial charge in [-0.3, -0.25) is 0 Å². The molecule has 4 rings (SSSR count). The van der Waals surface area contributed by atoms with E-state index in [1.807, 2.05) is 36.4 Å². The van der Waals surface area contributed by atoms with Gasteiger partial charge in [0.2, 0.25) is 5.95 Å². The SMILES string of the molecule is CCCc1nc(N)nc2ccc(C3OOc4ccccc43)nc12. The predicted octanol–water partition coefficient (Wildman–Crippen LogP) is 2.97. The number of hydrogen-bond acceptors (Lipinski definition) is 6. The number of nitrogens with zero attached hydrogens (tertiary/aromatic N) is 3. The van der Waals surface area contributed by atoms with Crippen molar-refractivity contribution in [3.05, 3.63) is 53.3 Å². The summed E-state index contributed by atoms with van der Waals surface area (Å²) in [7, 11) is 0. The number of aryl methyl sites for hydroxylation is 1. The molecule has 0 saturated heterocycles. The number of nitrogens with two attached hydrogens (primary N) is 1. The van der Waals surface area contributed by atoms with Gasteiger partial charge in [0.15, 0.2) is 11.9 Å². The van der Waals surface area contributed by atoms with Gasteiger partial charge in [0.05, 0.1) is 16.9 Å². The van der Waals surface area contributed by atoms with E-state index in [4.69, 9.17) is 20.5 Å². The monoisotopic (exact) mass is 308 g/mol. The van der Waals surface area contributed by atoms with E-state index < -0.39 is 0 Å². The number of para-hydroxylation sites is 1. The van der Waals surface area contributed by atoms with Crippen LogP contribution in [0.5, 0.6) is 5.75 Å². The molecule has 2 aromatic heterocycles. The molecular weight excluding hydrogens is 292 g/mol. The van der Waals surface area contributed by atoms with Crippen molar-refractivity contribution in [1.82, 2.24) is 15.0 Å². The molecule has 0 bridgehead atoms. The summed E-state index contributed by atoms with van der Waals surface area (Å²) in [5, 5.41) is 0. The quantitative estimate of drug-likeness (QED) is 0.749. The molecule has 2 N–H and O–H groups in total. The van der Waals surface area contributed by atoms with Gasteiger partial charge in [-0.05, 0) is 24.6 Å². The maximum absolute atomic E-state index is 5.78. The van der Waals surface area contributed by atoms with Crippen molar-refractivity contribution in [3.63, 3.8) is 0 Å². The third-order valence-electron chi connectivity index (χ3n) is 3.84. The zero-order chi connectivity index (χ0) is 15.8. The summed E-state index contributed by atoms with van der Waals surface area (Å²) >= 11 is 0. The number of anilines is 1. The van der Waals surface area contributed by atoms with E-state index in [9.17, 15) is 0 Å². The number of fused-ring (bicyclic) bond motifs is 2. The average Bonchev–Trinajstić information content (AvgIpc) is 2.99. The number of hydrogen-bond donors (Lipinski definition) is 1. The summed E-state index contributed by atoms with van der Waals surface area (Å²) in [6.45, 7) is 2.10. The van der Waals surface area contributed by atoms with Crippen LogP contribution in [0.15, 0.2) is 36.4 Å². The summed E-state index contributed by atoms with van der Waals surface area (Å²) in [4.78, 5) is 24.1. The summed E-state index contributed by atoms with van der Waals surface area (Å²) in [6.07, 6.45) is 1.42. The minimum Gasteiger partial charge on any atom is -0.368 e. The Labute approximate surface area is 133 Å². The van der Waals surface area contributed by atoms with E-state index in [-0.39, 0.29) is 12.1 Å². The average molecular weight is 308 g/mol.